The van der Waals surface area contributed by atoms with E-state index >= 15 is 0 Å². The van der Waals surface area contributed by atoms with Crippen LogP contribution in [0.25, 0.3) is 0 Å². The van der Waals surface area contributed by atoms with Gasteiger partial charge in [-0.05, 0) is 13.8 Å². The number of aliphatic carboxylic acids is 1. The average molecular weight is 281 g/mol. The third-order valence-corrected chi connectivity index (χ3v) is 5.40. The lowest BCUT2D eigenvalue weighted by atomic mass is 9.99. The maximum absolute atomic E-state index is 11.2. The largest absolute Gasteiger partial charge is 1.00 e. The minimum Gasteiger partial charge on any atom is -1.00 e. The summed E-state index contributed by atoms with van der Waals surface area (Å²) in [4.78, 5) is 12.8. The lowest BCUT2D eigenvalue weighted by Gasteiger charge is -2.35. The van der Waals surface area contributed by atoms with Crippen molar-refractivity contribution < 1.29 is 27.2 Å². The molecule has 1 spiro atoms. The van der Waals surface area contributed by atoms with Crippen LogP contribution < -0.4 is 22.6 Å². The number of thioether (sulfide) groups is 1. The fraction of sp³-hybridized carbons (Fsp3) is 0.909. The SMILES string of the molecule is C[NH+]1CCC2(CC1)NC(C(=O)O)C(C)(C)S2.[Cl-]. The number of quaternary nitrogens is 1. The van der Waals surface area contributed by atoms with Crippen LogP contribution >= 0.6 is 11.8 Å². The van der Waals surface area contributed by atoms with E-state index in [1.807, 2.05) is 25.6 Å². The van der Waals surface area contributed by atoms with Gasteiger partial charge in [0.1, 0.15) is 6.04 Å². The molecule has 0 aromatic carbocycles. The number of rotatable bonds is 1. The zero-order valence-corrected chi connectivity index (χ0v) is 12.1. The Kier molecular flexibility index (Phi) is 4.40. The molecule has 2 aliphatic heterocycles. The normalized spacial score (nSPS) is 39.9. The van der Waals surface area contributed by atoms with Crippen molar-refractivity contribution in [1.29, 1.82) is 0 Å². The predicted octanol–water partition coefficient (Wildman–Crippen LogP) is -3.44. The Morgan fingerprint density at radius 2 is 1.94 bits per heavy atom. The Bertz CT molecular complexity index is 304. The maximum atomic E-state index is 11.2. The second-order valence-corrected chi connectivity index (χ2v) is 7.61. The van der Waals surface area contributed by atoms with Crippen LogP contribution in [0.4, 0.5) is 0 Å². The molecule has 17 heavy (non-hydrogen) atoms. The van der Waals surface area contributed by atoms with E-state index in [0.717, 1.165) is 25.9 Å². The van der Waals surface area contributed by atoms with Crippen LogP contribution in [-0.4, -0.2) is 46.9 Å². The van der Waals surface area contributed by atoms with E-state index < -0.39 is 12.0 Å². The summed E-state index contributed by atoms with van der Waals surface area (Å²) in [5.41, 5.74) is 0. The van der Waals surface area contributed by atoms with Gasteiger partial charge in [0, 0.05) is 17.6 Å². The van der Waals surface area contributed by atoms with Crippen molar-refractivity contribution in [2.75, 3.05) is 20.1 Å². The first kappa shape index (κ1) is 15.1. The molecule has 4 nitrogen and oxygen atoms in total. The van der Waals surface area contributed by atoms with E-state index in [-0.39, 0.29) is 22.0 Å². The molecule has 2 saturated heterocycles. The minimum absolute atomic E-state index is 0. The number of hydrogen-bond acceptors (Lipinski definition) is 3. The highest BCUT2D eigenvalue weighted by molar-refractivity contribution is 8.02. The number of halogens is 1. The molecule has 0 aromatic heterocycles. The summed E-state index contributed by atoms with van der Waals surface area (Å²) >= 11 is 1.82. The number of nitrogens with one attached hydrogen (secondary N) is 2. The van der Waals surface area contributed by atoms with Crippen LogP contribution in [0.3, 0.4) is 0 Å². The van der Waals surface area contributed by atoms with E-state index in [1.165, 1.54) is 0 Å². The van der Waals surface area contributed by atoms with E-state index in [0.29, 0.717) is 0 Å². The zero-order chi connectivity index (χ0) is 12.0. The van der Waals surface area contributed by atoms with E-state index in [1.54, 1.807) is 4.90 Å². The highest BCUT2D eigenvalue weighted by Crippen LogP contribution is 2.48. The molecule has 2 aliphatic rings. The highest BCUT2D eigenvalue weighted by Gasteiger charge is 2.54. The lowest BCUT2D eigenvalue weighted by molar-refractivity contribution is -0.885. The van der Waals surface area contributed by atoms with E-state index in [2.05, 4.69) is 12.4 Å². The lowest BCUT2D eigenvalue weighted by Crippen LogP contribution is -3.10. The first-order valence-corrected chi connectivity index (χ1v) is 6.68. The van der Waals surface area contributed by atoms with Gasteiger partial charge in [-0.25, -0.2) is 0 Å². The third-order valence-electron chi connectivity index (χ3n) is 3.72. The molecule has 3 N–H and O–H groups in total. The average Bonchev–Trinajstić information content (AvgIpc) is 2.44. The van der Waals surface area contributed by atoms with Gasteiger partial charge in [0.25, 0.3) is 0 Å². The highest BCUT2D eigenvalue weighted by atomic mass is 35.5. The molecule has 2 heterocycles. The van der Waals surface area contributed by atoms with Gasteiger partial charge in [-0.2, -0.15) is 0 Å². The van der Waals surface area contributed by atoms with Crippen molar-refractivity contribution in [3.8, 4) is 0 Å². The molecule has 0 aromatic rings. The smallest absolute Gasteiger partial charge is 0.322 e. The van der Waals surface area contributed by atoms with Gasteiger partial charge in [0.2, 0.25) is 0 Å². The summed E-state index contributed by atoms with van der Waals surface area (Å²) in [5.74, 6) is -0.722. The molecular formula is C11H21ClN2O2S. The molecule has 0 radical (unpaired) electrons. The first-order chi connectivity index (χ1) is 7.35. The number of carboxylic acid groups (broad SMARTS) is 1. The van der Waals surface area contributed by atoms with Crippen molar-refractivity contribution in [1.82, 2.24) is 5.32 Å². The van der Waals surface area contributed by atoms with Gasteiger partial charge in [-0.1, -0.05) is 0 Å². The van der Waals surface area contributed by atoms with Gasteiger partial charge >= 0.3 is 5.97 Å². The Labute approximate surface area is 113 Å². The number of carbonyl (C=O) groups is 1. The second-order valence-electron chi connectivity index (χ2n) is 5.57. The maximum Gasteiger partial charge on any atom is 0.322 e. The first-order valence-electron chi connectivity index (χ1n) is 5.87. The Balaban J connectivity index is 0.00000144. The molecule has 2 fully saturated rings. The van der Waals surface area contributed by atoms with Crippen molar-refractivity contribution in [3.05, 3.63) is 0 Å². The van der Waals surface area contributed by atoms with Crippen LogP contribution in [0.5, 0.6) is 0 Å². The van der Waals surface area contributed by atoms with Crippen LogP contribution in [0, 0.1) is 0 Å². The van der Waals surface area contributed by atoms with Gasteiger partial charge in [0.05, 0.1) is 25.0 Å². The Hall–Kier alpha value is 0.0300. The van der Waals surface area contributed by atoms with Gasteiger partial charge in [0.15, 0.2) is 0 Å². The number of likely N-dealkylation sites (tertiary alicyclic amines) is 1. The summed E-state index contributed by atoms with van der Waals surface area (Å²) in [6, 6.07) is -0.420. The fourth-order valence-electron chi connectivity index (χ4n) is 2.71. The molecule has 0 amide bonds. The molecule has 6 heteroatoms. The van der Waals surface area contributed by atoms with Crippen molar-refractivity contribution in [2.45, 2.75) is 42.3 Å². The van der Waals surface area contributed by atoms with Crippen LogP contribution in [-0.2, 0) is 4.79 Å². The molecule has 1 unspecified atom stereocenters. The third kappa shape index (κ3) is 2.89. The molecule has 100 valence electrons. The second kappa shape index (κ2) is 4.96. The predicted molar refractivity (Wildman–Crippen MR) is 64.8 cm³/mol. The Morgan fingerprint density at radius 1 is 1.41 bits per heavy atom. The zero-order valence-electron chi connectivity index (χ0n) is 10.5. The number of piperidine rings is 1. The van der Waals surface area contributed by atoms with Gasteiger partial charge < -0.3 is 22.4 Å². The van der Waals surface area contributed by atoms with Crippen LogP contribution in [0.15, 0.2) is 0 Å². The summed E-state index contributed by atoms with van der Waals surface area (Å²) in [6.07, 6.45) is 2.13. The Morgan fingerprint density at radius 3 is 2.35 bits per heavy atom. The minimum atomic E-state index is -0.722. The summed E-state index contributed by atoms with van der Waals surface area (Å²) in [7, 11) is 2.20. The molecule has 0 bridgehead atoms. The molecular weight excluding hydrogens is 260 g/mol. The van der Waals surface area contributed by atoms with Crippen molar-refractivity contribution in [2.24, 2.45) is 0 Å². The van der Waals surface area contributed by atoms with Crippen molar-refractivity contribution in [3.63, 3.8) is 0 Å². The molecule has 2 rings (SSSR count). The summed E-state index contributed by atoms with van der Waals surface area (Å²) in [6.45, 7) is 6.32. The topological polar surface area (TPSA) is 53.8 Å². The standard InChI is InChI=1S/C11H20N2O2S.ClH/c1-10(2)8(9(14)15)12-11(16-10)4-6-13(3)7-5-11;/h8,12H,4-7H2,1-3H3,(H,14,15);1H. The van der Waals surface area contributed by atoms with Crippen molar-refractivity contribution >= 4 is 17.7 Å². The van der Waals surface area contributed by atoms with Gasteiger partial charge in [-0.15, -0.1) is 11.8 Å². The molecule has 0 saturated carbocycles. The molecule has 0 aliphatic carbocycles. The van der Waals surface area contributed by atoms with Gasteiger partial charge in [-0.3, -0.25) is 10.1 Å². The van der Waals surface area contributed by atoms with E-state index in [4.69, 9.17) is 0 Å². The number of carboxylic acids is 1. The quantitative estimate of drug-likeness (QED) is 0.468. The van der Waals surface area contributed by atoms with Crippen LogP contribution in [0.1, 0.15) is 26.7 Å². The summed E-state index contributed by atoms with van der Waals surface area (Å²) in [5, 5.41) is 12.6. The van der Waals surface area contributed by atoms with E-state index in [9.17, 15) is 9.90 Å². The summed E-state index contributed by atoms with van der Waals surface area (Å²) < 4.78 is -0.211. The monoisotopic (exact) mass is 280 g/mol. The fourth-order valence-corrected chi connectivity index (χ4v) is 4.58. The molecule has 1 atom stereocenters. The number of hydrogen-bond donors (Lipinski definition) is 3. The van der Waals surface area contributed by atoms with Crippen LogP contribution in [0.2, 0.25) is 0 Å².